The predicted molar refractivity (Wildman–Crippen MR) is 71.8 cm³/mol. The van der Waals surface area contributed by atoms with Crippen molar-refractivity contribution in [3.05, 3.63) is 0 Å². The van der Waals surface area contributed by atoms with E-state index in [2.05, 4.69) is 35.3 Å². The van der Waals surface area contributed by atoms with Gasteiger partial charge in [0.15, 0.2) is 0 Å². The number of hydrogen-bond acceptors (Lipinski definition) is 5. The molecule has 0 spiro atoms. The van der Waals surface area contributed by atoms with Gasteiger partial charge in [-0.25, -0.2) is 0 Å². The Hall–Kier alpha value is 1.75. The zero-order chi connectivity index (χ0) is 8.49. The van der Waals surface area contributed by atoms with Crippen LogP contribution in [-0.2, 0) is 0 Å². The minimum Gasteiger partial charge on any atom is -0.151 e. The van der Waals surface area contributed by atoms with Gasteiger partial charge in [-0.15, -0.1) is 11.8 Å². The molecule has 0 bridgehead atoms. The van der Waals surface area contributed by atoms with E-state index in [0.717, 1.165) is 0 Å². The summed E-state index contributed by atoms with van der Waals surface area (Å²) in [7, 11) is 4.07. The second-order valence-corrected chi connectivity index (χ2v) is 8.88. The first-order chi connectivity index (χ1) is 6.00. The molecule has 0 unspecified atom stereocenters. The van der Waals surface area contributed by atoms with Crippen LogP contribution in [0.2, 0.25) is 0 Å². The summed E-state index contributed by atoms with van der Waals surface area (Å²) in [5, 5.41) is 2.58. The SMILES string of the molecule is C1CSCSCCSCSSC1. The second kappa shape index (κ2) is 9.31. The van der Waals surface area contributed by atoms with E-state index in [1.807, 2.05) is 21.6 Å². The van der Waals surface area contributed by atoms with Crippen LogP contribution in [0.1, 0.15) is 6.42 Å². The zero-order valence-corrected chi connectivity index (χ0v) is 11.1. The van der Waals surface area contributed by atoms with E-state index in [0.29, 0.717) is 0 Å². The van der Waals surface area contributed by atoms with Crippen molar-refractivity contribution < 1.29 is 0 Å². The summed E-state index contributed by atoms with van der Waals surface area (Å²) in [6.45, 7) is 0. The average Bonchev–Trinajstić information content (AvgIpc) is 2.05. The molecule has 0 aromatic heterocycles. The van der Waals surface area contributed by atoms with Gasteiger partial charge in [0.05, 0.1) is 0 Å². The highest BCUT2D eigenvalue weighted by atomic mass is 33.1. The Balaban J connectivity index is 2.00. The summed E-state index contributed by atoms with van der Waals surface area (Å²) in [5.74, 6) is 5.36. The molecule has 1 rings (SSSR count). The van der Waals surface area contributed by atoms with Crippen molar-refractivity contribution in [2.45, 2.75) is 6.42 Å². The van der Waals surface area contributed by atoms with Gasteiger partial charge in [0.1, 0.15) is 0 Å². The molecule has 1 aliphatic rings. The van der Waals surface area contributed by atoms with Gasteiger partial charge in [0.2, 0.25) is 0 Å². The lowest BCUT2D eigenvalue weighted by Gasteiger charge is -2.05. The Bertz CT molecular complexity index is 54.8. The summed E-state index contributed by atoms with van der Waals surface area (Å²) in [6, 6.07) is 0. The molecule has 1 saturated heterocycles. The van der Waals surface area contributed by atoms with Gasteiger partial charge < -0.3 is 0 Å². The molecule has 0 N–H and O–H groups in total. The first-order valence-corrected chi connectivity index (χ1v) is 9.93. The van der Waals surface area contributed by atoms with Crippen LogP contribution in [0.15, 0.2) is 0 Å². The molecular formula is C7H14S5. The van der Waals surface area contributed by atoms with Gasteiger partial charge >= 0.3 is 0 Å². The third-order valence-electron chi connectivity index (χ3n) is 1.27. The average molecular weight is 259 g/mol. The van der Waals surface area contributed by atoms with Gasteiger partial charge in [-0.2, -0.15) is 23.5 Å². The Labute approximate surface area is 95.9 Å². The van der Waals surface area contributed by atoms with E-state index in [1.54, 1.807) is 0 Å². The standard InChI is InChI=1S/C7H14S5/c1-2-8-6-9-4-5-10-7-12-11-3-1/h1-7H2. The summed E-state index contributed by atoms with van der Waals surface area (Å²) >= 11 is 6.27. The fourth-order valence-corrected chi connectivity index (χ4v) is 6.92. The fourth-order valence-electron chi connectivity index (χ4n) is 0.700. The third-order valence-corrected chi connectivity index (χ3v) is 7.96. The smallest absolute Gasteiger partial charge is 0.0496 e. The second-order valence-electron chi connectivity index (χ2n) is 2.25. The molecule has 12 heavy (non-hydrogen) atoms. The lowest BCUT2D eigenvalue weighted by atomic mass is 10.6. The third kappa shape index (κ3) is 7.18. The molecule has 0 aromatic rings. The van der Waals surface area contributed by atoms with E-state index < -0.39 is 0 Å². The Morgan fingerprint density at radius 2 is 1.33 bits per heavy atom. The van der Waals surface area contributed by atoms with Crippen LogP contribution in [0.4, 0.5) is 0 Å². The molecule has 0 atom stereocenters. The Morgan fingerprint density at radius 1 is 0.583 bits per heavy atom. The summed E-state index contributed by atoms with van der Waals surface area (Å²) in [6.07, 6.45) is 1.38. The topological polar surface area (TPSA) is 0 Å². The lowest BCUT2D eigenvalue weighted by Crippen LogP contribution is -1.89. The van der Waals surface area contributed by atoms with Crippen LogP contribution in [-0.4, -0.2) is 33.2 Å². The summed E-state index contributed by atoms with van der Waals surface area (Å²) in [5.41, 5.74) is 0. The lowest BCUT2D eigenvalue weighted by molar-refractivity contribution is 1.13. The van der Waals surface area contributed by atoms with Gasteiger partial charge in [0, 0.05) is 27.4 Å². The van der Waals surface area contributed by atoms with Gasteiger partial charge in [-0.3, -0.25) is 0 Å². The molecule has 5 heteroatoms. The first-order valence-electron chi connectivity index (χ1n) is 3.98. The van der Waals surface area contributed by atoms with Crippen LogP contribution in [0.25, 0.3) is 0 Å². The van der Waals surface area contributed by atoms with E-state index >= 15 is 0 Å². The van der Waals surface area contributed by atoms with Crippen LogP contribution in [0, 0.1) is 0 Å². The fraction of sp³-hybridized carbons (Fsp3) is 1.00. The van der Waals surface area contributed by atoms with Crippen LogP contribution < -0.4 is 0 Å². The molecule has 0 nitrogen and oxygen atoms in total. The molecule has 0 saturated carbocycles. The van der Waals surface area contributed by atoms with Gasteiger partial charge in [0.25, 0.3) is 0 Å². The molecule has 72 valence electrons. The van der Waals surface area contributed by atoms with E-state index in [9.17, 15) is 0 Å². The van der Waals surface area contributed by atoms with E-state index in [4.69, 9.17) is 0 Å². The molecule has 1 aliphatic heterocycles. The minimum atomic E-state index is 1.28. The quantitative estimate of drug-likeness (QED) is 0.603. The van der Waals surface area contributed by atoms with Crippen molar-refractivity contribution in [3.8, 4) is 0 Å². The highest BCUT2D eigenvalue weighted by molar-refractivity contribution is 8.78. The molecule has 1 fully saturated rings. The highest BCUT2D eigenvalue weighted by Crippen LogP contribution is 2.28. The maximum absolute atomic E-state index is 2.10. The van der Waals surface area contributed by atoms with E-state index in [-0.39, 0.29) is 0 Å². The summed E-state index contributed by atoms with van der Waals surface area (Å²) < 4.78 is 0. The van der Waals surface area contributed by atoms with Gasteiger partial charge in [-0.1, -0.05) is 21.6 Å². The number of hydrogen-bond donors (Lipinski definition) is 0. The normalized spacial score (nSPS) is 24.0. The van der Waals surface area contributed by atoms with Crippen molar-refractivity contribution in [2.24, 2.45) is 0 Å². The number of thioether (sulfide) groups is 3. The summed E-state index contributed by atoms with van der Waals surface area (Å²) in [4.78, 5) is 0. The first kappa shape index (κ1) is 11.8. The predicted octanol–water partition coefficient (Wildman–Crippen LogP) is 3.89. The van der Waals surface area contributed by atoms with Crippen molar-refractivity contribution in [3.63, 3.8) is 0 Å². The molecule has 0 radical (unpaired) electrons. The monoisotopic (exact) mass is 258 g/mol. The maximum atomic E-state index is 2.10. The molecule has 0 amide bonds. The molecule has 0 aliphatic carbocycles. The molecule has 1 heterocycles. The van der Waals surface area contributed by atoms with Gasteiger partial charge in [-0.05, 0) is 12.2 Å². The van der Waals surface area contributed by atoms with Crippen molar-refractivity contribution >= 4 is 56.9 Å². The Kier molecular flexibility index (Phi) is 9.17. The van der Waals surface area contributed by atoms with Crippen molar-refractivity contribution in [2.75, 3.05) is 33.2 Å². The number of rotatable bonds is 0. The van der Waals surface area contributed by atoms with E-state index in [1.165, 1.54) is 39.6 Å². The molecule has 0 aromatic carbocycles. The molecular weight excluding hydrogens is 244 g/mol. The van der Waals surface area contributed by atoms with Crippen molar-refractivity contribution in [1.29, 1.82) is 0 Å². The highest BCUT2D eigenvalue weighted by Gasteiger charge is 1.96. The Morgan fingerprint density at radius 3 is 2.25 bits per heavy atom. The minimum absolute atomic E-state index is 1.28. The zero-order valence-electron chi connectivity index (χ0n) is 6.99. The van der Waals surface area contributed by atoms with Crippen LogP contribution in [0.3, 0.4) is 0 Å². The largest absolute Gasteiger partial charge is 0.151 e. The van der Waals surface area contributed by atoms with Crippen LogP contribution in [0.5, 0.6) is 0 Å². The van der Waals surface area contributed by atoms with Crippen molar-refractivity contribution in [1.82, 2.24) is 0 Å². The maximum Gasteiger partial charge on any atom is 0.0496 e. The van der Waals surface area contributed by atoms with Crippen LogP contribution >= 0.6 is 56.9 Å².